The molecule has 17 heavy (non-hydrogen) atoms. The number of nitrogens with zero attached hydrogens (tertiary/aromatic N) is 1. The molecule has 1 heterocycles. The van der Waals surface area contributed by atoms with Gasteiger partial charge in [0, 0.05) is 30.3 Å². The summed E-state index contributed by atoms with van der Waals surface area (Å²) in [5.41, 5.74) is 0.911. The molecule has 0 radical (unpaired) electrons. The van der Waals surface area contributed by atoms with Crippen LogP contribution in [0.15, 0.2) is 24.3 Å². The standard InChI is InChI=1S/C11H15ClN2O2S/c12-10-3-1-4-11(9-10)13-5-7-14-6-2-8-17(14,15)16/h1,3-4,9,13H,2,5-8H2. The highest BCUT2D eigenvalue weighted by Crippen LogP contribution is 2.15. The molecule has 0 aromatic heterocycles. The maximum Gasteiger partial charge on any atom is 0.214 e. The molecule has 1 saturated heterocycles. The number of benzene rings is 1. The lowest BCUT2D eigenvalue weighted by molar-refractivity contribution is 0.456. The van der Waals surface area contributed by atoms with E-state index in [-0.39, 0.29) is 5.75 Å². The molecule has 0 atom stereocenters. The van der Waals surface area contributed by atoms with Crippen molar-refractivity contribution >= 4 is 27.3 Å². The summed E-state index contributed by atoms with van der Waals surface area (Å²) in [4.78, 5) is 0. The van der Waals surface area contributed by atoms with Crippen molar-refractivity contribution in [1.29, 1.82) is 0 Å². The topological polar surface area (TPSA) is 49.4 Å². The Morgan fingerprint density at radius 1 is 1.41 bits per heavy atom. The quantitative estimate of drug-likeness (QED) is 0.911. The van der Waals surface area contributed by atoms with Gasteiger partial charge in [-0.1, -0.05) is 17.7 Å². The third kappa shape index (κ3) is 3.34. The summed E-state index contributed by atoms with van der Waals surface area (Å²) in [6, 6.07) is 7.39. The molecule has 0 aliphatic carbocycles. The van der Waals surface area contributed by atoms with Crippen molar-refractivity contribution in [2.45, 2.75) is 6.42 Å². The third-order valence-corrected chi connectivity index (χ3v) is 4.91. The molecular weight excluding hydrogens is 260 g/mol. The first-order chi connectivity index (χ1) is 8.08. The summed E-state index contributed by atoms with van der Waals surface area (Å²) in [7, 11) is -2.98. The first-order valence-electron chi connectivity index (χ1n) is 5.55. The first kappa shape index (κ1) is 12.7. The van der Waals surface area contributed by atoms with Crippen LogP contribution in [0.4, 0.5) is 5.69 Å². The van der Waals surface area contributed by atoms with Gasteiger partial charge in [-0.15, -0.1) is 0 Å². The molecule has 1 aliphatic rings. The monoisotopic (exact) mass is 274 g/mol. The lowest BCUT2D eigenvalue weighted by Crippen LogP contribution is -2.30. The van der Waals surface area contributed by atoms with Crippen LogP contribution < -0.4 is 5.32 Å². The zero-order valence-electron chi connectivity index (χ0n) is 9.39. The van der Waals surface area contributed by atoms with Gasteiger partial charge in [-0.25, -0.2) is 12.7 Å². The highest BCUT2D eigenvalue weighted by Gasteiger charge is 2.27. The van der Waals surface area contributed by atoms with Crippen LogP contribution in [0.25, 0.3) is 0 Å². The van der Waals surface area contributed by atoms with E-state index in [0.29, 0.717) is 24.7 Å². The number of nitrogens with one attached hydrogen (secondary N) is 1. The van der Waals surface area contributed by atoms with Gasteiger partial charge >= 0.3 is 0 Å². The number of hydrogen-bond donors (Lipinski definition) is 1. The second-order valence-corrected chi connectivity index (χ2v) is 6.53. The van der Waals surface area contributed by atoms with E-state index in [2.05, 4.69) is 5.32 Å². The highest BCUT2D eigenvalue weighted by molar-refractivity contribution is 7.89. The van der Waals surface area contributed by atoms with Crippen molar-refractivity contribution in [3.63, 3.8) is 0 Å². The van der Waals surface area contributed by atoms with Crippen LogP contribution in [0.1, 0.15) is 6.42 Å². The molecule has 1 N–H and O–H groups in total. The third-order valence-electron chi connectivity index (χ3n) is 2.72. The van der Waals surface area contributed by atoms with Crippen molar-refractivity contribution in [2.24, 2.45) is 0 Å². The molecule has 4 nitrogen and oxygen atoms in total. The van der Waals surface area contributed by atoms with Gasteiger partial charge in [0.1, 0.15) is 0 Å². The molecule has 0 saturated carbocycles. The Morgan fingerprint density at radius 2 is 2.24 bits per heavy atom. The van der Waals surface area contributed by atoms with Crippen LogP contribution in [0.5, 0.6) is 0 Å². The molecule has 0 amide bonds. The van der Waals surface area contributed by atoms with Crippen LogP contribution in [0, 0.1) is 0 Å². The van der Waals surface area contributed by atoms with E-state index in [0.717, 1.165) is 12.1 Å². The SMILES string of the molecule is O=S1(=O)CCCN1CCNc1cccc(Cl)c1. The summed E-state index contributed by atoms with van der Waals surface area (Å²) >= 11 is 5.85. The Kier molecular flexibility index (Phi) is 3.91. The summed E-state index contributed by atoms with van der Waals surface area (Å²) in [6.45, 7) is 1.74. The predicted molar refractivity (Wildman–Crippen MR) is 69.9 cm³/mol. The van der Waals surface area contributed by atoms with Gasteiger partial charge in [-0.05, 0) is 24.6 Å². The lowest BCUT2D eigenvalue weighted by atomic mass is 10.3. The molecule has 6 heteroatoms. The van der Waals surface area contributed by atoms with Gasteiger partial charge in [-0.2, -0.15) is 0 Å². The molecule has 1 aromatic rings. The Hall–Kier alpha value is -0.780. The van der Waals surface area contributed by atoms with Crippen LogP contribution in [0.2, 0.25) is 5.02 Å². The van der Waals surface area contributed by atoms with Crippen molar-refractivity contribution in [1.82, 2.24) is 4.31 Å². The predicted octanol–water partition coefficient (Wildman–Crippen LogP) is 1.79. The highest BCUT2D eigenvalue weighted by atomic mass is 35.5. The fraction of sp³-hybridized carbons (Fsp3) is 0.455. The van der Waals surface area contributed by atoms with Crippen molar-refractivity contribution in [2.75, 3.05) is 30.7 Å². The normalized spacial score (nSPS) is 19.4. The van der Waals surface area contributed by atoms with Crippen LogP contribution in [-0.2, 0) is 10.0 Å². The minimum absolute atomic E-state index is 0.282. The van der Waals surface area contributed by atoms with Gasteiger partial charge in [0.25, 0.3) is 0 Å². The zero-order valence-corrected chi connectivity index (χ0v) is 11.0. The van der Waals surface area contributed by atoms with Crippen LogP contribution >= 0.6 is 11.6 Å². The number of sulfonamides is 1. The molecule has 0 spiro atoms. The summed E-state index contributed by atoms with van der Waals surface area (Å²) in [6.07, 6.45) is 0.736. The summed E-state index contributed by atoms with van der Waals surface area (Å²) in [5, 5.41) is 3.83. The second-order valence-electron chi connectivity index (χ2n) is 4.01. The van der Waals surface area contributed by atoms with Crippen LogP contribution in [-0.4, -0.2) is 38.1 Å². The molecule has 1 fully saturated rings. The molecule has 0 unspecified atom stereocenters. The van der Waals surface area contributed by atoms with E-state index in [1.807, 2.05) is 18.2 Å². The van der Waals surface area contributed by atoms with Gasteiger partial charge in [0.05, 0.1) is 5.75 Å². The molecule has 94 valence electrons. The first-order valence-corrected chi connectivity index (χ1v) is 7.54. The van der Waals surface area contributed by atoms with Gasteiger partial charge in [-0.3, -0.25) is 0 Å². The Labute approximate surface area is 107 Å². The van der Waals surface area contributed by atoms with E-state index in [1.54, 1.807) is 6.07 Å². The fourth-order valence-electron chi connectivity index (χ4n) is 1.87. The Morgan fingerprint density at radius 3 is 2.88 bits per heavy atom. The summed E-state index contributed by atoms with van der Waals surface area (Å²) in [5.74, 6) is 0.282. The minimum atomic E-state index is -2.98. The lowest BCUT2D eigenvalue weighted by Gasteiger charge is -2.15. The number of rotatable bonds is 4. The van der Waals surface area contributed by atoms with Gasteiger partial charge in [0.2, 0.25) is 10.0 Å². The van der Waals surface area contributed by atoms with E-state index >= 15 is 0 Å². The van der Waals surface area contributed by atoms with E-state index in [4.69, 9.17) is 11.6 Å². The number of hydrogen-bond acceptors (Lipinski definition) is 3. The van der Waals surface area contributed by atoms with Crippen LogP contribution in [0.3, 0.4) is 0 Å². The van der Waals surface area contributed by atoms with E-state index in [9.17, 15) is 8.42 Å². The van der Waals surface area contributed by atoms with Gasteiger partial charge in [0.15, 0.2) is 0 Å². The smallest absolute Gasteiger partial charge is 0.214 e. The van der Waals surface area contributed by atoms with Crippen molar-refractivity contribution < 1.29 is 8.42 Å². The minimum Gasteiger partial charge on any atom is -0.384 e. The molecule has 2 rings (SSSR count). The fourth-order valence-corrected chi connectivity index (χ4v) is 3.58. The molecular formula is C11H15ClN2O2S. The average molecular weight is 275 g/mol. The van der Waals surface area contributed by atoms with E-state index in [1.165, 1.54) is 4.31 Å². The molecule has 0 bridgehead atoms. The zero-order chi connectivity index (χ0) is 12.3. The Balaban J connectivity index is 1.84. The van der Waals surface area contributed by atoms with Crippen molar-refractivity contribution in [3.05, 3.63) is 29.3 Å². The largest absolute Gasteiger partial charge is 0.384 e. The second kappa shape index (κ2) is 5.25. The Bertz CT molecular complexity index is 490. The number of anilines is 1. The van der Waals surface area contributed by atoms with E-state index < -0.39 is 10.0 Å². The van der Waals surface area contributed by atoms with Gasteiger partial charge < -0.3 is 5.32 Å². The molecule has 1 aromatic carbocycles. The van der Waals surface area contributed by atoms with Crippen molar-refractivity contribution in [3.8, 4) is 0 Å². The number of halogens is 1. The average Bonchev–Trinajstić information content (AvgIpc) is 2.58. The molecule has 1 aliphatic heterocycles. The maximum atomic E-state index is 11.5. The summed E-state index contributed by atoms with van der Waals surface area (Å²) < 4.78 is 24.6. The maximum absolute atomic E-state index is 11.5.